The van der Waals surface area contributed by atoms with Gasteiger partial charge in [-0.2, -0.15) is 9.83 Å². The van der Waals surface area contributed by atoms with Crippen molar-refractivity contribution in [1.82, 2.24) is 0 Å². The molecular weight excluding hydrogens is 244 g/mol. The summed E-state index contributed by atoms with van der Waals surface area (Å²) < 4.78 is 36.0. The molecule has 0 saturated heterocycles. The molecular formula is C7H9ClN2O4S. The molecule has 0 spiro atoms. The maximum absolute atomic E-state index is 8.49. The highest BCUT2D eigenvalue weighted by molar-refractivity contribution is 7.09. The predicted octanol–water partition coefficient (Wildman–Crippen LogP) is -3.58. The molecule has 0 aliphatic carbocycles. The lowest BCUT2D eigenvalue weighted by molar-refractivity contribution is -2.00. The van der Waals surface area contributed by atoms with Crippen molar-refractivity contribution < 1.29 is 33.4 Å². The smallest absolute Gasteiger partial charge is 0.222 e. The first-order valence-corrected chi connectivity index (χ1v) is 5.80. The number of nitriles is 1. The minimum Gasteiger partial charge on any atom is -0.222 e. The predicted molar refractivity (Wildman–Crippen MR) is 39.6 cm³/mol. The number of rotatable bonds is 1. The molecule has 1 rings (SSSR count). The van der Waals surface area contributed by atoms with Crippen molar-refractivity contribution in [3.8, 4) is 6.07 Å². The fourth-order valence-corrected chi connectivity index (χ4v) is 1.66. The van der Waals surface area contributed by atoms with Crippen molar-refractivity contribution in [1.29, 1.82) is 5.26 Å². The van der Waals surface area contributed by atoms with Gasteiger partial charge in [0.2, 0.25) is 11.6 Å². The Morgan fingerprint density at radius 2 is 1.87 bits per heavy atom. The average Bonchev–Trinajstić information content (AvgIpc) is 2.33. The second-order valence-corrected chi connectivity index (χ2v) is 4.34. The summed E-state index contributed by atoms with van der Waals surface area (Å²) in [4.78, 5) is 0. The standard InChI is InChI=1S/C7H9N2S.ClHO4/c1-6-5-10-7(2)9(6)4-3-8;2-1(3,4)5/h5H,4H2,1-2H3;(H,2,3,4,5)/q+1;/p-1. The minimum atomic E-state index is -4.94. The van der Waals surface area contributed by atoms with Gasteiger partial charge in [-0.3, -0.25) is 0 Å². The lowest BCUT2D eigenvalue weighted by Gasteiger charge is -2.17. The van der Waals surface area contributed by atoms with E-state index in [1.807, 2.05) is 18.4 Å². The SMILES string of the molecule is Cc1csc(C)[n+]1CC#N.[O-][Cl+3]([O-])([O-])[O-]. The van der Waals surface area contributed by atoms with Crippen LogP contribution in [0.25, 0.3) is 0 Å². The van der Waals surface area contributed by atoms with Crippen LogP contribution < -0.4 is 23.2 Å². The summed E-state index contributed by atoms with van der Waals surface area (Å²) in [6.07, 6.45) is 0. The van der Waals surface area contributed by atoms with E-state index in [0.717, 1.165) is 0 Å². The first-order chi connectivity index (χ1) is 6.75. The molecule has 1 heterocycles. The van der Waals surface area contributed by atoms with Gasteiger partial charge in [-0.15, -0.1) is 10.2 Å². The molecule has 84 valence electrons. The highest BCUT2D eigenvalue weighted by Gasteiger charge is 2.10. The van der Waals surface area contributed by atoms with Crippen molar-refractivity contribution in [2.45, 2.75) is 20.4 Å². The highest BCUT2D eigenvalue weighted by atomic mass is 35.7. The molecule has 1 aromatic rings. The topological polar surface area (TPSA) is 120 Å². The molecule has 0 N–H and O–H groups in total. The van der Waals surface area contributed by atoms with Gasteiger partial charge in [-0.1, -0.05) is 11.3 Å². The molecule has 1 aromatic heterocycles. The summed E-state index contributed by atoms with van der Waals surface area (Å²) in [6.45, 7) is 4.51. The molecule has 0 aliphatic rings. The molecule has 8 heteroatoms. The van der Waals surface area contributed by atoms with Crippen LogP contribution in [-0.4, -0.2) is 0 Å². The van der Waals surface area contributed by atoms with Crippen LogP contribution in [0.4, 0.5) is 0 Å². The van der Waals surface area contributed by atoms with E-state index >= 15 is 0 Å². The molecule has 0 unspecified atom stereocenters. The second kappa shape index (κ2) is 5.97. The van der Waals surface area contributed by atoms with Gasteiger partial charge >= 0.3 is 0 Å². The Kier molecular flexibility index (Phi) is 5.67. The van der Waals surface area contributed by atoms with E-state index < -0.39 is 10.2 Å². The Hall–Kier alpha value is -0.750. The Labute approximate surface area is 93.0 Å². The van der Waals surface area contributed by atoms with Gasteiger partial charge in [0.05, 0.1) is 5.38 Å². The van der Waals surface area contributed by atoms with E-state index in [1.165, 1.54) is 10.7 Å². The van der Waals surface area contributed by atoms with Crippen LogP contribution in [-0.2, 0) is 6.54 Å². The second-order valence-electron chi connectivity index (χ2n) is 2.52. The first-order valence-electron chi connectivity index (χ1n) is 3.69. The van der Waals surface area contributed by atoms with Crippen molar-refractivity contribution in [3.63, 3.8) is 0 Å². The van der Waals surface area contributed by atoms with E-state index in [9.17, 15) is 0 Å². The molecule has 0 atom stereocenters. The number of hydrogen-bond acceptors (Lipinski definition) is 6. The number of aryl methyl sites for hydroxylation is 2. The molecule has 0 saturated carbocycles. The number of hydrogen-bond donors (Lipinski definition) is 0. The van der Waals surface area contributed by atoms with Crippen molar-refractivity contribution in [2.24, 2.45) is 0 Å². The van der Waals surface area contributed by atoms with Crippen LogP contribution in [0, 0.1) is 35.4 Å². The fraction of sp³-hybridized carbons (Fsp3) is 0.429. The van der Waals surface area contributed by atoms with Crippen LogP contribution in [0.5, 0.6) is 0 Å². The zero-order chi connectivity index (χ0) is 12.1. The van der Waals surface area contributed by atoms with Gasteiger partial charge < -0.3 is 0 Å². The summed E-state index contributed by atoms with van der Waals surface area (Å²) in [7, 11) is -4.94. The maximum atomic E-state index is 8.49. The average molecular weight is 253 g/mol. The Morgan fingerprint density at radius 3 is 2.13 bits per heavy atom. The van der Waals surface area contributed by atoms with Crippen LogP contribution >= 0.6 is 11.3 Å². The molecule has 0 aliphatic heterocycles. The van der Waals surface area contributed by atoms with Gasteiger partial charge in [0.15, 0.2) is 5.69 Å². The van der Waals surface area contributed by atoms with Crippen LogP contribution in [0.2, 0.25) is 0 Å². The first kappa shape index (κ1) is 14.2. The zero-order valence-corrected chi connectivity index (χ0v) is 9.67. The third kappa shape index (κ3) is 7.21. The normalized spacial score (nSPS) is 10.2. The summed E-state index contributed by atoms with van der Waals surface area (Å²) in [5.74, 6) is 0. The van der Waals surface area contributed by atoms with Gasteiger partial charge in [0.1, 0.15) is 6.07 Å². The van der Waals surface area contributed by atoms with E-state index in [2.05, 4.69) is 11.4 Å². The molecule has 6 nitrogen and oxygen atoms in total. The zero-order valence-electron chi connectivity index (χ0n) is 8.10. The lowest BCUT2D eigenvalue weighted by Crippen LogP contribution is -2.68. The molecule has 0 aromatic carbocycles. The third-order valence-corrected chi connectivity index (χ3v) is 2.46. The quantitative estimate of drug-likeness (QED) is 0.479. The molecule has 0 bridgehead atoms. The molecule has 0 fully saturated rings. The fourth-order valence-electron chi connectivity index (χ4n) is 0.853. The van der Waals surface area contributed by atoms with Crippen molar-refractivity contribution in [2.75, 3.05) is 0 Å². The summed E-state index contributed by atoms with van der Waals surface area (Å²) in [5.41, 5.74) is 1.17. The van der Waals surface area contributed by atoms with Crippen molar-refractivity contribution in [3.05, 3.63) is 16.1 Å². The Balaban J connectivity index is 0.000000336. The summed E-state index contributed by atoms with van der Waals surface area (Å²) in [6, 6.07) is 2.12. The van der Waals surface area contributed by atoms with Gasteiger partial charge in [0, 0.05) is 13.8 Å². The number of aromatic nitrogens is 1. The monoisotopic (exact) mass is 252 g/mol. The van der Waals surface area contributed by atoms with E-state index in [1.54, 1.807) is 11.3 Å². The van der Waals surface area contributed by atoms with Crippen LogP contribution in [0.1, 0.15) is 10.7 Å². The summed E-state index contributed by atoms with van der Waals surface area (Å²) >= 11 is 1.68. The number of thiazole rings is 1. The molecule has 15 heavy (non-hydrogen) atoms. The number of halogens is 1. The Bertz CT molecular complexity index is 329. The third-order valence-electron chi connectivity index (χ3n) is 1.43. The lowest BCUT2D eigenvalue weighted by atomic mass is 10.5. The van der Waals surface area contributed by atoms with E-state index in [0.29, 0.717) is 6.54 Å². The summed E-state index contributed by atoms with van der Waals surface area (Å²) in [5, 5.41) is 11.7. The Morgan fingerprint density at radius 1 is 1.40 bits per heavy atom. The van der Waals surface area contributed by atoms with Gasteiger partial charge in [-0.05, 0) is 0 Å². The van der Waals surface area contributed by atoms with Gasteiger partial charge in [0.25, 0.3) is 0 Å². The maximum Gasteiger partial charge on any atom is 0.235 e. The van der Waals surface area contributed by atoms with Crippen LogP contribution in [0.3, 0.4) is 0 Å². The number of nitrogens with zero attached hydrogens (tertiary/aromatic N) is 2. The molecule has 0 amide bonds. The van der Waals surface area contributed by atoms with E-state index in [-0.39, 0.29) is 0 Å². The van der Waals surface area contributed by atoms with E-state index in [4.69, 9.17) is 23.9 Å². The minimum absolute atomic E-state index is 0.473. The van der Waals surface area contributed by atoms with Gasteiger partial charge in [-0.25, -0.2) is 18.6 Å². The highest BCUT2D eigenvalue weighted by Crippen LogP contribution is 2.03. The molecule has 0 radical (unpaired) electrons. The van der Waals surface area contributed by atoms with Crippen molar-refractivity contribution >= 4 is 11.3 Å². The van der Waals surface area contributed by atoms with Crippen LogP contribution in [0.15, 0.2) is 5.38 Å². The largest absolute Gasteiger partial charge is 0.235 e.